The van der Waals surface area contributed by atoms with Gasteiger partial charge in [0, 0.05) is 27.9 Å². The highest BCUT2D eigenvalue weighted by Crippen LogP contribution is 2.39. The van der Waals surface area contributed by atoms with E-state index < -0.39 is 12.0 Å². The number of hydrogen-bond donors (Lipinski definition) is 0. The van der Waals surface area contributed by atoms with Crippen LogP contribution < -0.4 is 14.9 Å². The number of aromatic nitrogens is 2. The molecule has 8 heteroatoms. The van der Waals surface area contributed by atoms with E-state index >= 15 is 0 Å². The maximum absolute atomic E-state index is 13.9. The molecule has 37 heavy (non-hydrogen) atoms. The molecule has 0 unspecified atom stereocenters. The minimum atomic E-state index is -0.605. The number of carbonyl (C=O) groups is 1. The monoisotopic (exact) mass is 529 g/mol. The molecule has 0 spiro atoms. The number of benzene rings is 1. The molecule has 0 N–H and O–H groups in total. The zero-order valence-corrected chi connectivity index (χ0v) is 22.6. The highest BCUT2D eigenvalue weighted by atomic mass is 32.1. The van der Waals surface area contributed by atoms with E-state index in [0.29, 0.717) is 26.6 Å². The van der Waals surface area contributed by atoms with Gasteiger partial charge in [-0.1, -0.05) is 47.7 Å². The summed E-state index contributed by atoms with van der Waals surface area (Å²) >= 11 is 2.89. The van der Waals surface area contributed by atoms with Crippen LogP contribution in [0.15, 0.2) is 69.3 Å². The molecule has 0 bridgehead atoms. The van der Waals surface area contributed by atoms with E-state index in [1.807, 2.05) is 53.9 Å². The summed E-state index contributed by atoms with van der Waals surface area (Å²) in [5.41, 5.74) is 5.06. The van der Waals surface area contributed by atoms with Crippen LogP contribution in [-0.2, 0) is 9.53 Å². The Balaban J connectivity index is 1.61. The Labute approximate surface area is 222 Å². The lowest BCUT2D eigenvalue weighted by atomic mass is 9.97. The van der Waals surface area contributed by atoms with Crippen molar-refractivity contribution in [3.63, 3.8) is 0 Å². The first-order valence-electron chi connectivity index (χ1n) is 12.5. The zero-order chi connectivity index (χ0) is 25.7. The fourth-order valence-corrected chi connectivity index (χ4v) is 6.96. The predicted molar refractivity (Wildman–Crippen MR) is 148 cm³/mol. The van der Waals surface area contributed by atoms with Crippen LogP contribution in [0.2, 0.25) is 0 Å². The number of hydrogen-bond acceptors (Lipinski definition) is 6. The summed E-state index contributed by atoms with van der Waals surface area (Å²) in [5.74, 6) is -0.453. The molecule has 188 valence electrons. The second-order valence-corrected chi connectivity index (χ2v) is 11.4. The molecule has 1 aliphatic carbocycles. The van der Waals surface area contributed by atoms with Gasteiger partial charge in [-0.15, -0.1) is 11.3 Å². The van der Waals surface area contributed by atoms with E-state index in [4.69, 9.17) is 9.73 Å². The quantitative estimate of drug-likeness (QED) is 0.339. The van der Waals surface area contributed by atoms with Gasteiger partial charge in [-0.25, -0.2) is 9.79 Å². The molecule has 0 radical (unpaired) electrons. The van der Waals surface area contributed by atoms with Gasteiger partial charge in [0.2, 0.25) is 0 Å². The topological polar surface area (TPSA) is 65.6 Å². The van der Waals surface area contributed by atoms with Crippen molar-refractivity contribution in [2.75, 3.05) is 6.61 Å². The van der Waals surface area contributed by atoms with Crippen LogP contribution in [0.3, 0.4) is 0 Å². The number of thiazole rings is 1. The maximum Gasteiger partial charge on any atom is 0.338 e. The van der Waals surface area contributed by atoms with Crippen LogP contribution in [0.4, 0.5) is 0 Å². The third kappa shape index (κ3) is 4.14. The van der Waals surface area contributed by atoms with Crippen LogP contribution in [0.1, 0.15) is 59.2 Å². The number of nitrogens with zero attached hydrogens (tertiary/aromatic N) is 3. The van der Waals surface area contributed by atoms with E-state index in [1.165, 1.54) is 46.9 Å². The maximum atomic E-state index is 13.9. The largest absolute Gasteiger partial charge is 0.463 e. The lowest BCUT2D eigenvalue weighted by molar-refractivity contribution is -0.138. The smallest absolute Gasteiger partial charge is 0.338 e. The van der Waals surface area contributed by atoms with Crippen molar-refractivity contribution < 1.29 is 9.53 Å². The summed E-state index contributed by atoms with van der Waals surface area (Å²) in [6.07, 6.45) is 4.39. The van der Waals surface area contributed by atoms with E-state index in [0.717, 1.165) is 16.0 Å². The third-order valence-corrected chi connectivity index (χ3v) is 8.82. The van der Waals surface area contributed by atoms with Crippen molar-refractivity contribution in [1.29, 1.82) is 0 Å². The van der Waals surface area contributed by atoms with E-state index in [9.17, 15) is 9.59 Å². The lowest BCUT2D eigenvalue weighted by Crippen LogP contribution is -2.39. The second kappa shape index (κ2) is 9.43. The van der Waals surface area contributed by atoms with Gasteiger partial charge >= 0.3 is 5.97 Å². The third-order valence-electron chi connectivity index (χ3n) is 6.91. The molecule has 2 aliphatic rings. The molecule has 1 fully saturated rings. The number of ether oxygens (including phenoxy) is 1. The molecular formula is C29H27N3O3S2. The Morgan fingerprint density at radius 1 is 1.14 bits per heavy atom. The SMILES string of the molecule is CCOC(=O)C1=C(c2ccccc2)N=c2sc(=Cc3cc(C)n(C4CC4)c3C)c(=O)n2[C@H]1c1cccs1. The van der Waals surface area contributed by atoms with Crippen molar-refractivity contribution in [3.05, 3.63) is 107 Å². The Hall–Kier alpha value is -3.49. The van der Waals surface area contributed by atoms with Crippen molar-refractivity contribution in [1.82, 2.24) is 9.13 Å². The van der Waals surface area contributed by atoms with Crippen molar-refractivity contribution in [2.24, 2.45) is 4.99 Å². The Bertz CT molecular complexity index is 1700. The highest BCUT2D eigenvalue weighted by molar-refractivity contribution is 7.10. The van der Waals surface area contributed by atoms with Gasteiger partial charge in [0.25, 0.3) is 5.56 Å². The first-order chi connectivity index (χ1) is 18.0. The van der Waals surface area contributed by atoms with Crippen LogP contribution in [-0.4, -0.2) is 21.7 Å². The summed E-state index contributed by atoms with van der Waals surface area (Å²) in [7, 11) is 0. The summed E-state index contributed by atoms with van der Waals surface area (Å²) in [6, 6.07) is 15.7. The van der Waals surface area contributed by atoms with Crippen LogP contribution in [0, 0.1) is 13.8 Å². The number of fused-ring (bicyclic) bond motifs is 1. The molecule has 1 aliphatic heterocycles. The Morgan fingerprint density at radius 2 is 1.92 bits per heavy atom. The number of thiophene rings is 1. The average molecular weight is 530 g/mol. The molecular weight excluding hydrogens is 502 g/mol. The van der Waals surface area contributed by atoms with E-state index in [2.05, 4.69) is 24.5 Å². The molecule has 1 saturated carbocycles. The van der Waals surface area contributed by atoms with Crippen molar-refractivity contribution >= 4 is 40.4 Å². The number of aryl methyl sites for hydroxylation is 1. The van der Waals surface area contributed by atoms with Gasteiger partial charge in [0.1, 0.15) is 6.04 Å². The summed E-state index contributed by atoms with van der Waals surface area (Å²) in [4.78, 5) is 33.7. The first-order valence-corrected chi connectivity index (χ1v) is 14.2. The van der Waals surface area contributed by atoms with Crippen LogP contribution >= 0.6 is 22.7 Å². The van der Waals surface area contributed by atoms with Gasteiger partial charge in [-0.3, -0.25) is 9.36 Å². The van der Waals surface area contributed by atoms with Crippen molar-refractivity contribution in [2.45, 2.75) is 45.7 Å². The van der Waals surface area contributed by atoms with Gasteiger partial charge in [-0.2, -0.15) is 0 Å². The second-order valence-electron chi connectivity index (χ2n) is 9.37. The standard InChI is InChI=1S/C29H27N3O3S2/c1-4-35-28(34)24-25(19-9-6-5-7-10-19)30-29-32(26(24)22-11-8-14-36-22)27(33)23(37-29)16-20-15-17(2)31(18(20)3)21-12-13-21/h5-11,14-16,21,26H,4,12-13H2,1-3H3/t26-/m0/s1. The summed E-state index contributed by atoms with van der Waals surface area (Å²) in [6.45, 7) is 6.27. The average Bonchev–Trinajstić information content (AvgIpc) is 3.35. The molecule has 0 amide bonds. The number of carbonyl (C=O) groups excluding carboxylic acids is 1. The summed E-state index contributed by atoms with van der Waals surface area (Å²) < 4.78 is 10.2. The van der Waals surface area contributed by atoms with Gasteiger partial charge in [-0.05, 0) is 62.8 Å². The van der Waals surface area contributed by atoms with Crippen LogP contribution in [0.5, 0.6) is 0 Å². The van der Waals surface area contributed by atoms with Crippen molar-refractivity contribution in [3.8, 4) is 0 Å². The van der Waals surface area contributed by atoms with Gasteiger partial charge in [0.05, 0.1) is 22.4 Å². The molecule has 1 atom stereocenters. The van der Waals surface area contributed by atoms with Gasteiger partial charge < -0.3 is 9.30 Å². The molecule has 4 heterocycles. The lowest BCUT2D eigenvalue weighted by Gasteiger charge is -2.24. The number of rotatable bonds is 6. The molecule has 6 nitrogen and oxygen atoms in total. The Morgan fingerprint density at radius 3 is 2.59 bits per heavy atom. The highest BCUT2D eigenvalue weighted by Gasteiger charge is 2.35. The number of esters is 1. The minimum Gasteiger partial charge on any atom is -0.463 e. The first kappa shape index (κ1) is 23.9. The van der Waals surface area contributed by atoms with E-state index in [-0.39, 0.29) is 12.2 Å². The zero-order valence-electron chi connectivity index (χ0n) is 20.9. The fraction of sp³-hybridized carbons (Fsp3) is 0.276. The molecule has 1 aromatic carbocycles. The summed E-state index contributed by atoms with van der Waals surface area (Å²) in [5, 5.41) is 1.96. The van der Waals surface area contributed by atoms with Gasteiger partial charge in [0.15, 0.2) is 4.80 Å². The molecule has 0 saturated heterocycles. The minimum absolute atomic E-state index is 0.146. The normalized spacial score (nSPS) is 17.6. The fourth-order valence-electron chi connectivity index (χ4n) is 5.14. The Kier molecular flexibility index (Phi) is 6.09. The van der Waals surface area contributed by atoms with Crippen LogP contribution in [0.25, 0.3) is 11.8 Å². The predicted octanol–water partition coefficient (Wildman–Crippen LogP) is 4.75. The molecule has 3 aromatic heterocycles. The molecule has 4 aromatic rings. The van der Waals surface area contributed by atoms with E-state index in [1.54, 1.807) is 11.5 Å². The molecule has 6 rings (SSSR count).